The summed E-state index contributed by atoms with van der Waals surface area (Å²) in [5.41, 5.74) is 3.02. The third-order valence-corrected chi connectivity index (χ3v) is 3.53. The molecule has 0 heteroatoms. The fourth-order valence-corrected chi connectivity index (χ4v) is 2.36. The second-order valence-corrected chi connectivity index (χ2v) is 5.21. The first-order chi connectivity index (χ1) is 8.88. The molecule has 0 bridgehead atoms. The van der Waals surface area contributed by atoms with Crippen molar-refractivity contribution < 1.29 is 0 Å². The smallest absolute Gasteiger partial charge is 0.00903 e. The van der Waals surface area contributed by atoms with E-state index in [9.17, 15) is 0 Å². The first-order valence-electron chi connectivity index (χ1n) is 7.79. The zero-order valence-corrected chi connectivity index (χ0v) is 12.3. The van der Waals surface area contributed by atoms with Gasteiger partial charge in [0.05, 0.1) is 0 Å². The average Bonchev–Trinajstić information content (AvgIpc) is 2.41. The summed E-state index contributed by atoms with van der Waals surface area (Å²) in [5.74, 6) is 0. The topological polar surface area (TPSA) is 0 Å². The lowest BCUT2D eigenvalue weighted by Gasteiger charge is -2.09. The molecule has 1 aromatic carbocycles. The molecule has 0 saturated heterocycles. The van der Waals surface area contributed by atoms with Crippen molar-refractivity contribution in [2.45, 2.75) is 71.6 Å². The minimum atomic E-state index is 1.24. The average molecular weight is 245 g/mol. The van der Waals surface area contributed by atoms with Gasteiger partial charge in [0.25, 0.3) is 0 Å². The molecule has 1 radical (unpaired) electrons. The molecule has 1 rings (SSSR count). The van der Waals surface area contributed by atoms with E-state index in [4.69, 9.17) is 0 Å². The van der Waals surface area contributed by atoms with E-state index in [1.807, 2.05) is 0 Å². The SMILES string of the molecule is CCCCC[CH]c1ccccc1CCCCCC. The summed E-state index contributed by atoms with van der Waals surface area (Å²) in [6.07, 6.45) is 14.3. The monoisotopic (exact) mass is 245 g/mol. The van der Waals surface area contributed by atoms with Crippen molar-refractivity contribution in [2.75, 3.05) is 0 Å². The summed E-state index contributed by atoms with van der Waals surface area (Å²) >= 11 is 0. The Morgan fingerprint density at radius 2 is 1.56 bits per heavy atom. The summed E-state index contributed by atoms with van der Waals surface area (Å²) in [6, 6.07) is 8.93. The van der Waals surface area contributed by atoms with Gasteiger partial charge in [0, 0.05) is 0 Å². The summed E-state index contributed by atoms with van der Waals surface area (Å²) in [7, 11) is 0. The van der Waals surface area contributed by atoms with Crippen molar-refractivity contribution in [3.05, 3.63) is 41.8 Å². The van der Waals surface area contributed by atoms with E-state index in [1.165, 1.54) is 63.4 Å². The van der Waals surface area contributed by atoms with Crippen LogP contribution in [0, 0.1) is 6.42 Å². The van der Waals surface area contributed by atoms with E-state index < -0.39 is 0 Å². The fourth-order valence-electron chi connectivity index (χ4n) is 2.36. The van der Waals surface area contributed by atoms with E-state index >= 15 is 0 Å². The van der Waals surface area contributed by atoms with E-state index in [-0.39, 0.29) is 0 Å². The van der Waals surface area contributed by atoms with Crippen molar-refractivity contribution in [1.82, 2.24) is 0 Å². The maximum Gasteiger partial charge on any atom is -0.00903 e. The van der Waals surface area contributed by atoms with Gasteiger partial charge in [-0.25, -0.2) is 0 Å². The minimum absolute atomic E-state index is 1.24. The molecule has 0 amide bonds. The molecule has 0 aliphatic rings. The van der Waals surface area contributed by atoms with Crippen molar-refractivity contribution in [2.24, 2.45) is 0 Å². The third kappa shape index (κ3) is 6.23. The Morgan fingerprint density at radius 1 is 0.833 bits per heavy atom. The van der Waals surface area contributed by atoms with Crippen LogP contribution in [0.4, 0.5) is 0 Å². The van der Waals surface area contributed by atoms with Gasteiger partial charge < -0.3 is 0 Å². The molecule has 0 aliphatic heterocycles. The first kappa shape index (κ1) is 15.3. The van der Waals surface area contributed by atoms with Crippen LogP contribution >= 0.6 is 0 Å². The molecule has 1 aromatic rings. The Balaban J connectivity index is 2.36. The molecular weight excluding hydrogens is 216 g/mol. The molecule has 0 atom stereocenters. The zero-order chi connectivity index (χ0) is 13.1. The molecule has 0 spiro atoms. The number of unbranched alkanes of at least 4 members (excludes halogenated alkanes) is 6. The predicted molar refractivity (Wildman–Crippen MR) is 81.8 cm³/mol. The van der Waals surface area contributed by atoms with Crippen LogP contribution in [0.1, 0.15) is 76.3 Å². The number of hydrogen-bond acceptors (Lipinski definition) is 0. The highest BCUT2D eigenvalue weighted by Gasteiger charge is 2.01. The number of hydrogen-bond donors (Lipinski definition) is 0. The van der Waals surface area contributed by atoms with Crippen LogP contribution in [0.15, 0.2) is 24.3 Å². The Kier molecular flexibility index (Phi) is 8.63. The number of benzene rings is 1. The Hall–Kier alpha value is -0.780. The lowest BCUT2D eigenvalue weighted by molar-refractivity contribution is 0.664. The van der Waals surface area contributed by atoms with Gasteiger partial charge in [0.15, 0.2) is 0 Å². The predicted octanol–water partition coefficient (Wildman–Crippen LogP) is 5.94. The zero-order valence-electron chi connectivity index (χ0n) is 12.3. The molecule has 0 aliphatic carbocycles. The highest BCUT2D eigenvalue weighted by Crippen LogP contribution is 2.17. The Morgan fingerprint density at radius 3 is 2.33 bits per heavy atom. The highest BCUT2D eigenvalue weighted by molar-refractivity contribution is 5.32. The molecular formula is C18H29. The molecule has 0 heterocycles. The van der Waals surface area contributed by atoms with Gasteiger partial charge in [0.1, 0.15) is 0 Å². The molecule has 18 heavy (non-hydrogen) atoms. The van der Waals surface area contributed by atoms with Crippen molar-refractivity contribution in [3.63, 3.8) is 0 Å². The van der Waals surface area contributed by atoms with Crippen LogP contribution in [-0.2, 0) is 6.42 Å². The maximum atomic E-state index is 2.44. The standard InChI is InChI=1S/C18H29/c1-3-5-7-9-13-17-15-11-12-16-18(17)14-10-8-6-4-2/h11-13,15-16H,3-10,14H2,1-2H3. The molecule has 0 aromatic heterocycles. The molecule has 0 N–H and O–H groups in total. The number of rotatable bonds is 10. The summed E-state index contributed by atoms with van der Waals surface area (Å²) in [6.45, 7) is 4.54. The number of aryl methyl sites for hydroxylation is 1. The van der Waals surface area contributed by atoms with Gasteiger partial charge in [-0.05, 0) is 36.8 Å². The molecule has 0 nitrogen and oxygen atoms in total. The second kappa shape index (κ2) is 10.2. The van der Waals surface area contributed by atoms with Gasteiger partial charge in [-0.2, -0.15) is 0 Å². The van der Waals surface area contributed by atoms with Crippen LogP contribution < -0.4 is 0 Å². The van der Waals surface area contributed by atoms with E-state index in [0.29, 0.717) is 0 Å². The molecule has 0 saturated carbocycles. The van der Waals surface area contributed by atoms with Gasteiger partial charge in [-0.15, -0.1) is 0 Å². The van der Waals surface area contributed by atoms with Crippen molar-refractivity contribution in [1.29, 1.82) is 0 Å². The van der Waals surface area contributed by atoms with E-state index in [2.05, 4.69) is 44.5 Å². The largest absolute Gasteiger partial charge is 0.0654 e. The normalized spacial score (nSPS) is 10.8. The Labute approximate surface area is 114 Å². The van der Waals surface area contributed by atoms with Crippen molar-refractivity contribution in [3.8, 4) is 0 Å². The first-order valence-corrected chi connectivity index (χ1v) is 7.79. The molecule has 0 fully saturated rings. The van der Waals surface area contributed by atoms with Crippen molar-refractivity contribution >= 4 is 0 Å². The van der Waals surface area contributed by atoms with Crippen LogP contribution in [0.2, 0.25) is 0 Å². The Bertz CT molecular complexity index is 270. The van der Waals surface area contributed by atoms with Crippen LogP contribution in [0.25, 0.3) is 0 Å². The van der Waals surface area contributed by atoms with Gasteiger partial charge in [0.2, 0.25) is 0 Å². The lowest BCUT2D eigenvalue weighted by Crippen LogP contribution is -1.93. The lowest BCUT2D eigenvalue weighted by atomic mass is 9.97. The molecule has 0 unspecified atom stereocenters. The highest BCUT2D eigenvalue weighted by atomic mass is 14.1. The van der Waals surface area contributed by atoms with Gasteiger partial charge in [-0.1, -0.05) is 76.6 Å². The van der Waals surface area contributed by atoms with Crippen LogP contribution in [0.3, 0.4) is 0 Å². The summed E-state index contributed by atoms with van der Waals surface area (Å²) in [4.78, 5) is 0. The van der Waals surface area contributed by atoms with E-state index in [1.54, 1.807) is 5.56 Å². The summed E-state index contributed by atoms with van der Waals surface area (Å²) < 4.78 is 0. The molecule has 101 valence electrons. The van der Waals surface area contributed by atoms with Gasteiger partial charge >= 0.3 is 0 Å². The third-order valence-electron chi connectivity index (χ3n) is 3.53. The van der Waals surface area contributed by atoms with E-state index in [0.717, 1.165) is 0 Å². The summed E-state index contributed by atoms with van der Waals surface area (Å²) in [5, 5.41) is 0. The van der Waals surface area contributed by atoms with Gasteiger partial charge in [-0.3, -0.25) is 0 Å². The minimum Gasteiger partial charge on any atom is -0.0654 e. The van der Waals surface area contributed by atoms with Crippen LogP contribution in [-0.4, -0.2) is 0 Å². The quantitative estimate of drug-likeness (QED) is 0.447. The van der Waals surface area contributed by atoms with Crippen LogP contribution in [0.5, 0.6) is 0 Å². The fraction of sp³-hybridized carbons (Fsp3) is 0.611. The maximum absolute atomic E-state index is 2.44. The second-order valence-electron chi connectivity index (χ2n) is 5.21.